The third kappa shape index (κ3) is 3.85. The Bertz CT molecular complexity index is 344. The van der Waals surface area contributed by atoms with Crippen LogP contribution in [0.4, 0.5) is 0 Å². The van der Waals surface area contributed by atoms with E-state index in [-0.39, 0.29) is 12.4 Å². The van der Waals surface area contributed by atoms with E-state index >= 15 is 0 Å². The maximum Gasteiger partial charge on any atom is 0.0451 e. The molecule has 0 spiro atoms. The summed E-state index contributed by atoms with van der Waals surface area (Å²) in [5.41, 5.74) is 1.24. The van der Waals surface area contributed by atoms with Crippen LogP contribution in [0.2, 0.25) is 5.02 Å². The number of hydrogen-bond donors (Lipinski definition) is 1. The van der Waals surface area contributed by atoms with Crippen LogP contribution in [0.25, 0.3) is 0 Å². The minimum atomic E-state index is 0. The predicted molar refractivity (Wildman–Crippen MR) is 76.1 cm³/mol. The standard InChI is InChI=1S/C13H19ClN2.ClH/c1-15-9-12-6-4-8-16(12)10-11-5-2-3-7-13(11)14;/h2-3,5,7,12,15H,4,6,8-10H2,1H3;1H. The molecule has 0 bridgehead atoms. The molecule has 0 radical (unpaired) electrons. The summed E-state index contributed by atoms with van der Waals surface area (Å²) in [4.78, 5) is 2.53. The average molecular weight is 275 g/mol. The molecular formula is C13H20Cl2N2. The summed E-state index contributed by atoms with van der Waals surface area (Å²) in [6, 6.07) is 8.81. The molecule has 1 N–H and O–H groups in total. The molecule has 2 nitrogen and oxygen atoms in total. The van der Waals surface area contributed by atoms with Gasteiger partial charge in [-0.15, -0.1) is 12.4 Å². The van der Waals surface area contributed by atoms with Crippen molar-refractivity contribution in [2.24, 2.45) is 0 Å². The maximum absolute atomic E-state index is 6.19. The van der Waals surface area contributed by atoms with E-state index in [2.05, 4.69) is 22.3 Å². The molecule has 0 aliphatic carbocycles. The fourth-order valence-electron chi connectivity index (χ4n) is 2.42. The highest BCUT2D eigenvalue weighted by molar-refractivity contribution is 6.31. The molecule has 4 heteroatoms. The van der Waals surface area contributed by atoms with Gasteiger partial charge in [0.05, 0.1) is 0 Å². The van der Waals surface area contributed by atoms with Crippen LogP contribution >= 0.6 is 24.0 Å². The van der Waals surface area contributed by atoms with Crippen LogP contribution < -0.4 is 5.32 Å². The first-order valence-electron chi connectivity index (χ1n) is 5.93. The number of benzene rings is 1. The third-order valence-electron chi connectivity index (χ3n) is 3.27. The highest BCUT2D eigenvalue weighted by Crippen LogP contribution is 2.23. The maximum atomic E-state index is 6.19. The van der Waals surface area contributed by atoms with Gasteiger partial charge in [0.2, 0.25) is 0 Å². The van der Waals surface area contributed by atoms with Crippen LogP contribution in [0.3, 0.4) is 0 Å². The zero-order valence-electron chi connectivity index (χ0n) is 10.2. The fourth-order valence-corrected chi connectivity index (χ4v) is 2.61. The molecule has 0 saturated carbocycles. The molecule has 1 unspecified atom stereocenters. The van der Waals surface area contributed by atoms with Gasteiger partial charge >= 0.3 is 0 Å². The van der Waals surface area contributed by atoms with Crippen molar-refractivity contribution < 1.29 is 0 Å². The molecule has 1 aromatic rings. The number of likely N-dealkylation sites (tertiary alicyclic amines) is 1. The number of halogens is 2. The summed E-state index contributed by atoms with van der Waals surface area (Å²) in [7, 11) is 2.02. The number of rotatable bonds is 4. The summed E-state index contributed by atoms with van der Waals surface area (Å²) in [6.45, 7) is 3.24. The van der Waals surface area contributed by atoms with Crippen molar-refractivity contribution in [3.8, 4) is 0 Å². The van der Waals surface area contributed by atoms with Crippen molar-refractivity contribution in [2.45, 2.75) is 25.4 Å². The van der Waals surface area contributed by atoms with Crippen LogP contribution in [0.1, 0.15) is 18.4 Å². The van der Waals surface area contributed by atoms with Crippen LogP contribution in [0.5, 0.6) is 0 Å². The fraction of sp³-hybridized carbons (Fsp3) is 0.538. The van der Waals surface area contributed by atoms with E-state index < -0.39 is 0 Å². The van der Waals surface area contributed by atoms with Crippen molar-refractivity contribution in [1.29, 1.82) is 0 Å². The second-order valence-corrected chi connectivity index (χ2v) is 4.82. The Hall–Kier alpha value is -0.280. The summed E-state index contributed by atoms with van der Waals surface area (Å²) < 4.78 is 0. The second-order valence-electron chi connectivity index (χ2n) is 4.42. The van der Waals surface area contributed by atoms with E-state index in [1.165, 1.54) is 24.9 Å². The van der Waals surface area contributed by atoms with Crippen molar-refractivity contribution in [1.82, 2.24) is 10.2 Å². The summed E-state index contributed by atoms with van der Waals surface area (Å²) >= 11 is 6.19. The number of nitrogens with zero attached hydrogens (tertiary/aromatic N) is 1. The van der Waals surface area contributed by atoms with Crippen molar-refractivity contribution >= 4 is 24.0 Å². The average Bonchev–Trinajstić information content (AvgIpc) is 2.70. The Morgan fingerprint density at radius 1 is 1.41 bits per heavy atom. The van der Waals surface area contributed by atoms with Gasteiger partial charge in [-0.2, -0.15) is 0 Å². The van der Waals surface area contributed by atoms with Gasteiger partial charge in [-0.3, -0.25) is 4.90 Å². The molecule has 1 saturated heterocycles. The van der Waals surface area contributed by atoms with E-state index in [4.69, 9.17) is 11.6 Å². The van der Waals surface area contributed by atoms with E-state index in [9.17, 15) is 0 Å². The smallest absolute Gasteiger partial charge is 0.0451 e. The Morgan fingerprint density at radius 2 is 2.18 bits per heavy atom. The van der Waals surface area contributed by atoms with Crippen LogP contribution in [0, 0.1) is 0 Å². The molecule has 1 aliphatic heterocycles. The lowest BCUT2D eigenvalue weighted by atomic mass is 10.2. The van der Waals surface area contributed by atoms with Crippen molar-refractivity contribution in [3.63, 3.8) is 0 Å². The van der Waals surface area contributed by atoms with E-state index in [0.717, 1.165) is 18.1 Å². The van der Waals surface area contributed by atoms with Crippen LogP contribution in [-0.2, 0) is 6.54 Å². The Balaban J connectivity index is 0.00000144. The Kier molecular flexibility index (Phi) is 6.28. The van der Waals surface area contributed by atoms with Gasteiger partial charge in [0.25, 0.3) is 0 Å². The summed E-state index contributed by atoms with van der Waals surface area (Å²) in [5, 5.41) is 4.15. The molecule has 1 atom stereocenters. The molecule has 1 aliphatic rings. The summed E-state index contributed by atoms with van der Waals surface area (Å²) in [5.74, 6) is 0. The van der Waals surface area contributed by atoms with Gasteiger partial charge < -0.3 is 5.32 Å². The van der Waals surface area contributed by atoms with Crippen molar-refractivity contribution in [2.75, 3.05) is 20.1 Å². The molecule has 96 valence electrons. The van der Waals surface area contributed by atoms with Gasteiger partial charge in [0.1, 0.15) is 0 Å². The van der Waals surface area contributed by atoms with Gasteiger partial charge in [-0.25, -0.2) is 0 Å². The lowest BCUT2D eigenvalue weighted by Crippen LogP contribution is -2.36. The molecule has 2 rings (SSSR count). The molecule has 0 amide bonds. The van der Waals surface area contributed by atoms with Gasteiger partial charge in [-0.05, 0) is 38.1 Å². The van der Waals surface area contributed by atoms with Gasteiger partial charge in [0.15, 0.2) is 0 Å². The normalized spacial score (nSPS) is 20.2. The van der Waals surface area contributed by atoms with Gasteiger partial charge in [-0.1, -0.05) is 29.8 Å². The number of nitrogens with one attached hydrogen (secondary N) is 1. The van der Waals surface area contributed by atoms with E-state index in [0.29, 0.717) is 6.04 Å². The SMILES string of the molecule is CNCC1CCCN1Cc1ccccc1Cl.Cl. The van der Waals surface area contributed by atoms with Crippen LogP contribution in [0.15, 0.2) is 24.3 Å². The van der Waals surface area contributed by atoms with Crippen LogP contribution in [-0.4, -0.2) is 31.1 Å². The lowest BCUT2D eigenvalue weighted by molar-refractivity contribution is 0.242. The lowest BCUT2D eigenvalue weighted by Gasteiger charge is -2.24. The Labute approximate surface area is 115 Å². The third-order valence-corrected chi connectivity index (χ3v) is 3.64. The highest BCUT2D eigenvalue weighted by Gasteiger charge is 2.23. The minimum Gasteiger partial charge on any atom is -0.318 e. The first-order valence-corrected chi connectivity index (χ1v) is 6.31. The van der Waals surface area contributed by atoms with Crippen molar-refractivity contribution in [3.05, 3.63) is 34.9 Å². The highest BCUT2D eigenvalue weighted by atomic mass is 35.5. The Morgan fingerprint density at radius 3 is 2.88 bits per heavy atom. The quantitative estimate of drug-likeness (QED) is 0.909. The minimum absolute atomic E-state index is 0. The molecule has 17 heavy (non-hydrogen) atoms. The zero-order valence-corrected chi connectivity index (χ0v) is 11.7. The first kappa shape index (κ1) is 14.8. The molecular weight excluding hydrogens is 255 g/mol. The van der Waals surface area contributed by atoms with Gasteiger partial charge in [0, 0.05) is 24.2 Å². The summed E-state index contributed by atoms with van der Waals surface area (Å²) in [6.07, 6.45) is 2.60. The second kappa shape index (κ2) is 7.22. The molecule has 1 heterocycles. The first-order chi connectivity index (χ1) is 7.81. The zero-order chi connectivity index (χ0) is 11.4. The molecule has 1 aromatic carbocycles. The number of hydrogen-bond acceptors (Lipinski definition) is 2. The topological polar surface area (TPSA) is 15.3 Å². The van der Waals surface area contributed by atoms with E-state index in [1.54, 1.807) is 0 Å². The number of likely N-dealkylation sites (N-methyl/N-ethyl adjacent to an activating group) is 1. The predicted octanol–water partition coefficient (Wildman–Crippen LogP) is 2.95. The van der Waals surface area contributed by atoms with E-state index in [1.807, 2.05) is 19.2 Å². The molecule has 1 fully saturated rings. The largest absolute Gasteiger partial charge is 0.318 e. The molecule has 0 aromatic heterocycles. The monoisotopic (exact) mass is 274 g/mol.